The van der Waals surface area contributed by atoms with Crippen molar-refractivity contribution in [3.05, 3.63) is 0 Å². The molecule has 0 N–H and O–H groups in total. The maximum atomic E-state index is 12.1. The summed E-state index contributed by atoms with van der Waals surface area (Å²) in [5, 5.41) is 0. The average molecular weight is 313 g/mol. The van der Waals surface area contributed by atoms with Gasteiger partial charge in [0.1, 0.15) is 0 Å². The lowest BCUT2D eigenvalue weighted by molar-refractivity contribution is -0.418. The Labute approximate surface area is 93.3 Å². The van der Waals surface area contributed by atoms with Crippen molar-refractivity contribution in [1.29, 1.82) is 0 Å². The van der Waals surface area contributed by atoms with Gasteiger partial charge in [0.15, 0.2) is 0 Å². The summed E-state index contributed by atoms with van der Waals surface area (Å²) in [5.41, 5.74) is -6.60. The highest BCUT2D eigenvalue weighted by molar-refractivity contribution is 7.85. The largest absolute Gasteiger partial charge is 0.748 e. The number of hydrogen-bond donors (Lipinski definition) is 0. The minimum absolute atomic E-state index is 3.70. The van der Waals surface area contributed by atoms with E-state index in [4.69, 9.17) is 0 Å². The van der Waals surface area contributed by atoms with E-state index >= 15 is 0 Å². The lowest BCUT2D eigenvalue weighted by atomic mass is 9.88. The zero-order chi connectivity index (χ0) is 15.2. The molecular formula is C5H2F9O3S-. The van der Waals surface area contributed by atoms with Crippen molar-refractivity contribution in [3.63, 3.8) is 0 Å². The van der Waals surface area contributed by atoms with Gasteiger partial charge in [-0.2, -0.15) is 39.5 Å². The molecular weight excluding hydrogens is 311 g/mol. The summed E-state index contributed by atoms with van der Waals surface area (Å²) in [6, 6.07) is 0. The van der Waals surface area contributed by atoms with E-state index in [1.807, 2.05) is 0 Å². The van der Waals surface area contributed by atoms with E-state index in [0.29, 0.717) is 0 Å². The maximum Gasteiger partial charge on any atom is 0.413 e. The van der Waals surface area contributed by atoms with Crippen LogP contribution in [0.2, 0.25) is 0 Å². The molecule has 0 unspecified atom stereocenters. The summed E-state index contributed by atoms with van der Waals surface area (Å²) in [5.74, 6) is -3.70. The van der Waals surface area contributed by atoms with Crippen molar-refractivity contribution in [2.24, 2.45) is 5.41 Å². The molecule has 110 valence electrons. The predicted molar refractivity (Wildman–Crippen MR) is 35.2 cm³/mol. The van der Waals surface area contributed by atoms with Crippen LogP contribution in [0.25, 0.3) is 0 Å². The molecule has 0 bridgehead atoms. The molecule has 0 aromatic rings. The molecule has 0 atom stereocenters. The molecule has 0 rings (SSSR count). The molecule has 0 saturated carbocycles. The molecule has 13 heteroatoms. The second kappa shape index (κ2) is 4.15. The van der Waals surface area contributed by atoms with Crippen molar-refractivity contribution in [3.8, 4) is 0 Å². The Morgan fingerprint density at radius 2 is 0.944 bits per heavy atom. The molecule has 0 saturated heterocycles. The molecule has 0 aromatic heterocycles. The molecule has 0 aliphatic rings. The summed E-state index contributed by atoms with van der Waals surface area (Å²) >= 11 is 0. The minimum atomic E-state index is -7.04. The normalized spacial score (nSPS) is 15.9. The Morgan fingerprint density at radius 3 is 1.00 bits per heavy atom. The lowest BCUT2D eigenvalue weighted by Gasteiger charge is -2.38. The summed E-state index contributed by atoms with van der Waals surface area (Å²) in [4.78, 5) is 0. The van der Waals surface area contributed by atoms with Gasteiger partial charge in [-0.25, -0.2) is 8.42 Å². The Balaban J connectivity index is 6.27. The fourth-order valence-electron chi connectivity index (χ4n) is 0.993. The second-order valence-corrected chi connectivity index (χ2v) is 4.50. The first-order valence-corrected chi connectivity index (χ1v) is 5.17. The zero-order valence-corrected chi connectivity index (χ0v) is 8.56. The molecule has 0 aliphatic carbocycles. The summed E-state index contributed by atoms with van der Waals surface area (Å²) < 4.78 is 138. The smallest absolute Gasteiger partial charge is 0.413 e. The SMILES string of the molecule is O=S(=O)([O-])CC(C(F)(F)F)(C(F)(F)F)C(F)(F)F. The quantitative estimate of drug-likeness (QED) is 0.580. The fourth-order valence-corrected chi connectivity index (χ4v) is 2.01. The number of rotatable bonds is 2. The van der Waals surface area contributed by atoms with E-state index in [9.17, 15) is 52.5 Å². The molecule has 0 amide bonds. The van der Waals surface area contributed by atoms with Gasteiger partial charge in [-0.1, -0.05) is 0 Å². The Bertz CT molecular complexity index is 363. The van der Waals surface area contributed by atoms with Crippen LogP contribution in [0.5, 0.6) is 0 Å². The van der Waals surface area contributed by atoms with Crippen LogP contribution in [0.3, 0.4) is 0 Å². The van der Waals surface area contributed by atoms with E-state index in [0.717, 1.165) is 0 Å². The van der Waals surface area contributed by atoms with Crippen molar-refractivity contribution in [2.75, 3.05) is 5.75 Å². The van der Waals surface area contributed by atoms with Gasteiger partial charge < -0.3 is 4.55 Å². The molecule has 0 spiro atoms. The van der Waals surface area contributed by atoms with E-state index in [-0.39, 0.29) is 0 Å². The highest BCUT2D eigenvalue weighted by Gasteiger charge is 2.83. The predicted octanol–water partition coefficient (Wildman–Crippen LogP) is 2.20. The number of hydrogen-bond acceptors (Lipinski definition) is 3. The summed E-state index contributed by atoms with van der Waals surface area (Å²) in [6.07, 6.45) is -21.1. The minimum Gasteiger partial charge on any atom is -0.748 e. The van der Waals surface area contributed by atoms with Gasteiger partial charge >= 0.3 is 18.5 Å². The first-order chi connectivity index (χ1) is 7.46. The Morgan fingerprint density at radius 1 is 0.722 bits per heavy atom. The van der Waals surface area contributed by atoms with Crippen LogP contribution in [0, 0.1) is 5.41 Å². The highest BCUT2D eigenvalue weighted by atomic mass is 32.2. The van der Waals surface area contributed by atoms with Gasteiger partial charge in [0.25, 0.3) is 5.41 Å². The molecule has 0 aromatic carbocycles. The van der Waals surface area contributed by atoms with Crippen LogP contribution in [0.15, 0.2) is 0 Å². The van der Waals surface area contributed by atoms with Gasteiger partial charge in [-0.05, 0) is 0 Å². The number of alkyl halides is 9. The van der Waals surface area contributed by atoms with Crippen molar-refractivity contribution < 1.29 is 52.5 Å². The van der Waals surface area contributed by atoms with Crippen LogP contribution in [-0.4, -0.2) is 37.3 Å². The average Bonchev–Trinajstić information content (AvgIpc) is 1.90. The van der Waals surface area contributed by atoms with Gasteiger partial charge in [-0.3, -0.25) is 0 Å². The third-order valence-corrected chi connectivity index (χ3v) is 2.63. The van der Waals surface area contributed by atoms with Crippen LogP contribution in [0.1, 0.15) is 0 Å². The summed E-state index contributed by atoms with van der Waals surface area (Å²) in [6.45, 7) is 0. The summed E-state index contributed by atoms with van der Waals surface area (Å²) in [7, 11) is -6.44. The van der Waals surface area contributed by atoms with Crippen LogP contribution in [-0.2, 0) is 10.1 Å². The van der Waals surface area contributed by atoms with Gasteiger partial charge in [0.05, 0.1) is 15.9 Å². The van der Waals surface area contributed by atoms with E-state index in [1.54, 1.807) is 0 Å². The van der Waals surface area contributed by atoms with Gasteiger partial charge in [-0.15, -0.1) is 0 Å². The van der Waals surface area contributed by atoms with E-state index in [2.05, 4.69) is 0 Å². The first kappa shape index (κ1) is 17.3. The third kappa shape index (κ3) is 2.99. The van der Waals surface area contributed by atoms with E-state index in [1.165, 1.54) is 0 Å². The topological polar surface area (TPSA) is 57.2 Å². The highest BCUT2D eigenvalue weighted by Crippen LogP contribution is 2.59. The van der Waals surface area contributed by atoms with Crippen molar-refractivity contribution in [1.82, 2.24) is 0 Å². The molecule has 0 fully saturated rings. The molecule has 3 nitrogen and oxygen atoms in total. The van der Waals surface area contributed by atoms with Gasteiger partial charge in [0, 0.05) is 0 Å². The standard InChI is InChI=1S/C5H3F9O3S/c6-3(7,8)2(4(9,10)11,5(12,13)14)1-18(15,16)17/h1H2,(H,15,16,17)/p-1. The second-order valence-electron chi connectivity index (χ2n) is 3.10. The van der Waals surface area contributed by atoms with Gasteiger partial charge in [0.2, 0.25) is 0 Å². The van der Waals surface area contributed by atoms with Crippen LogP contribution < -0.4 is 0 Å². The van der Waals surface area contributed by atoms with Crippen LogP contribution in [0.4, 0.5) is 39.5 Å². The lowest BCUT2D eigenvalue weighted by Crippen LogP contribution is -2.63. The third-order valence-electron chi connectivity index (χ3n) is 1.85. The molecule has 18 heavy (non-hydrogen) atoms. The monoisotopic (exact) mass is 313 g/mol. The number of halogens is 9. The molecule has 0 heterocycles. The molecule has 0 aliphatic heterocycles. The molecule has 0 radical (unpaired) electrons. The maximum absolute atomic E-state index is 12.1. The first-order valence-electron chi connectivity index (χ1n) is 3.59. The van der Waals surface area contributed by atoms with Crippen molar-refractivity contribution in [2.45, 2.75) is 18.5 Å². The zero-order valence-electron chi connectivity index (χ0n) is 7.74. The van der Waals surface area contributed by atoms with E-state index < -0.39 is 39.8 Å². The fraction of sp³-hybridized carbons (Fsp3) is 1.00. The Kier molecular flexibility index (Phi) is 3.98. The van der Waals surface area contributed by atoms with Crippen molar-refractivity contribution >= 4 is 10.1 Å². The van der Waals surface area contributed by atoms with Crippen LogP contribution >= 0.6 is 0 Å². The Hall–Kier alpha value is -0.720.